The lowest BCUT2D eigenvalue weighted by molar-refractivity contribution is 1.58. The fourth-order valence-corrected chi connectivity index (χ4v) is 17.0. The third kappa shape index (κ3) is 8.04. The largest absolute Gasteiger partial charge is 0.135 e. The lowest BCUT2D eigenvalue weighted by Crippen LogP contribution is -1.94. The monoisotopic (exact) mass is 1150 g/mol. The fraction of sp³-hybridized carbons (Fsp3) is 0. The van der Waals surface area contributed by atoms with Gasteiger partial charge in [-0.25, -0.2) is 0 Å². The first kappa shape index (κ1) is 50.6. The van der Waals surface area contributed by atoms with Crippen LogP contribution in [0.25, 0.3) is 183 Å². The molecule has 0 aliphatic heterocycles. The van der Waals surface area contributed by atoms with Crippen LogP contribution in [0.2, 0.25) is 0 Å². The minimum Gasteiger partial charge on any atom is -0.135 e. The van der Waals surface area contributed by atoms with Crippen molar-refractivity contribution in [2.24, 2.45) is 0 Å². The van der Waals surface area contributed by atoms with Gasteiger partial charge >= 0.3 is 0 Å². The molecule has 2 heteroatoms. The number of benzene rings is 16. The molecule has 0 unspecified atom stereocenters. The van der Waals surface area contributed by atoms with Gasteiger partial charge in [0.1, 0.15) is 0 Å². The van der Waals surface area contributed by atoms with Gasteiger partial charge in [0.15, 0.2) is 0 Å². The highest BCUT2D eigenvalue weighted by Gasteiger charge is 2.27. The van der Waals surface area contributed by atoms with Crippen molar-refractivity contribution in [1.29, 1.82) is 0 Å². The first-order valence-electron chi connectivity index (χ1n) is 30.3. The van der Waals surface area contributed by atoms with Gasteiger partial charge in [-0.2, -0.15) is 0 Å². The Hall–Kier alpha value is -10.7. The molecule has 0 radical (unpaired) electrons. The maximum absolute atomic E-state index is 2.58. The summed E-state index contributed by atoms with van der Waals surface area (Å²) in [5.74, 6) is 0. The van der Waals surface area contributed by atoms with Crippen LogP contribution in [0, 0.1) is 0 Å². The lowest BCUT2D eigenvalue weighted by atomic mass is 9.82. The van der Waals surface area contributed by atoms with Gasteiger partial charge in [-0.15, -0.1) is 22.7 Å². The second kappa shape index (κ2) is 20.5. The quantitative estimate of drug-likeness (QED) is 0.133. The molecule has 16 aromatic carbocycles. The van der Waals surface area contributed by atoms with Gasteiger partial charge in [0.2, 0.25) is 0 Å². The van der Waals surface area contributed by atoms with E-state index in [0.717, 1.165) is 0 Å². The van der Waals surface area contributed by atoms with Gasteiger partial charge in [-0.1, -0.05) is 255 Å². The van der Waals surface area contributed by atoms with Crippen LogP contribution in [0.1, 0.15) is 0 Å². The minimum absolute atomic E-state index is 1.20. The Kier molecular flexibility index (Phi) is 11.8. The van der Waals surface area contributed by atoms with Crippen LogP contribution in [0.4, 0.5) is 0 Å². The van der Waals surface area contributed by atoms with Gasteiger partial charge in [0, 0.05) is 56.9 Å². The summed E-state index contributed by atoms with van der Waals surface area (Å²) in [5.41, 5.74) is 19.5. The molecule has 0 amide bonds. The normalized spacial score (nSPS) is 11.9. The Bertz CT molecular complexity index is 5250. The van der Waals surface area contributed by atoms with Gasteiger partial charge < -0.3 is 0 Å². The highest BCUT2D eigenvalue weighted by molar-refractivity contribution is 7.27. The average molecular weight is 1150 g/mol. The number of hydrogen-bond donors (Lipinski definition) is 0. The van der Waals surface area contributed by atoms with Crippen molar-refractivity contribution >= 4 is 117 Å². The first-order valence-corrected chi connectivity index (χ1v) is 31.9. The molecule has 2 aromatic heterocycles. The molecule has 0 fully saturated rings. The number of fused-ring (bicyclic) bond motifs is 13. The SMILES string of the molecule is c1ccc(-c2cc(-c3ccccc3)cc(-c3c4ccccc4c(-c4cc5cc(-c6c7ccccc7c(-c7cc(-c8ccccc8)cc(-c8ccccc8)c7)c7ccccc67)c6sc7ccccc7c6c5c5c4sc4ccccc45)c4ccccc34)c2)cc1. The van der Waals surface area contributed by atoms with E-state index in [1.165, 1.54) is 183 Å². The summed E-state index contributed by atoms with van der Waals surface area (Å²) in [4.78, 5) is 0. The molecule has 408 valence electrons. The molecule has 0 saturated heterocycles. The summed E-state index contributed by atoms with van der Waals surface area (Å²) in [6.07, 6.45) is 0. The molecule has 0 saturated carbocycles. The van der Waals surface area contributed by atoms with Crippen LogP contribution in [-0.4, -0.2) is 0 Å². The van der Waals surface area contributed by atoms with Crippen molar-refractivity contribution in [3.05, 3.63) is 315 Å². The maximum atomic E-state index is 2.58. The molecule has 0 N–H and O–H groups in total. The third-order valence-corrected chi connectivity index (χ3v) is 20.8. The summed E-state index contributed by atoms with van der Waals surface area (Å²) >= 11 is 3.88. The lowest BCUT2D eigenvalue weighted by Gasteiger charge is -2.21. The van der Waals surface area contributed by atoms with Crippen LogP contribution >= 0.6 is 22.7 Å². The van der Waals surface area contributed by atoms with Crippen LogP contribution < -0.4 is 0 Å². The Morgan fingerprint density at radius 1 is 0.170 bits per heavy atom. The molecule has 18 aromatic rings. The highest BCUT2D eigenvalue weighted by Crippen LogP contribution is 2.56. The smallest absolute Gasteiger partial charge is 0.0440 e. The zero-order valence-electron chi connectivity index (χ0n) is 47.8. The van der Waals surface area contributed by atoms with Crippen LogP contribution in [-0.2, 0) is 0 Å². The molecular weight excluding hydrogens is 1100 g/mol. The predicted octanol–water partition coefficient (Wildman–Crippen LogP) is 25.5. The summed E-state index contributed by atoms with van der Waals surface area (Å²) in [5, 5.41) is 17.7. The molecule has 0 aliphatic carbocycles. The van der Waals surface area contributed by atoms with E-state index in [4.69, 9.17) is 0 Å². The summed E-state index contributed by atoms with van der Waals surface area (Å²) in [7, 11) is 0. The van der Waals surface area contributed by atoms with Crippen LogP contribution in [0.3, 0.4) is 0 Å². The van der Waals surface area contributed by atoms with E-state index in [1.807, 2.05) is 22.7 Å². The van der Waals surface area contributed by atoms with E-state index < -0.39 is 0 Å². The minimum atomic E-state index is 1.20. The highest BCUT2D eigenvalue weighted by atomic mass is 32.1. The zero-order chi connectivity index (χ0) is 57.8. The summed E-state index contributed by atoms with van der Waals surface area (Å²) in [6.45, 7) is 0. The van der Waals surface area contributed by atoms with Crippen molar-refractivity contribution in [1.82, 2.24) is 0 Å². The fourth-order valence-electron chi connectivity index (χ4n) is 14.6. The molecule has 0 nitrogen and oxygen atoms in total. The number of thiophene rings is 2. The van der Waals surface area contributed by atoms with Gasteiger partial charge in [0.05, 0.1) is 0 Å². The predicted molar refractivity (Wildman–Crippen MR) is 383 cm³/mol. The second-order valence-electron chi connectivity index (χ2n) is 23.3. The van der Waals surface area contributed by atoms with Crippen molar-refractivity contribution in [2.75, 3.05) is 0 Å². The Morgan fingerprint density at radius 3 is 0.705 bits per heavy atom. The average Bonchev–Trinajstić information content (AvgIpc) is 1.39. The summed E-state index contributed by atoms with van der Waals surface area (Å²) in [6, 6.07) is 118. The number of hydrogen-bond acceptors (Lipinski definition) is 2. The van der Waals surface area contributed by atoms with E-state index in [9.17, 15) is 0 Å². The van der Waals surface area contributed by atoms with E-state index in [1.54, 1.807) is 0 Å². The van der Waals surface area contributed by atoms with E-state index in [2.05, 4.69) is 315 Å². The van der Waals surface area contributed by atoms with Crippen molar-refractivity contribution in [3.8, 4) is 89.0 Å². The van der Waals surface area contributed by atoms with E-state index in [0.29, 0.717) is 0 Å². The second-order valence-corrected chi connectivity index (χ2v) is 25.4. The first-order chi connectivity index (χ1) is 43.7. The van der Waals surface area contributed by atoms with Crippen molar-refractivity contribution in [3.63, 3.8) is 0 Å². The van der Waals surface area contributed by atoms with Crippen LogP contribution in [0.5, 0.6) is 0 Å². The van der Waals surface area contributed by atoms with Crippen molar-refractivity contribution < 1.29 is 0 Å². The van der Waals surface area contributed by atoms with E-state index >= 15 is 0 Å². The molecule has 0 spiro atoms. The molecule has 0 atom stereocenters. The molecule has 0 bridgehead atoms. The van der Waals surface area contributed by atoms with Gasteiger partial charge in [-0.3, -0.25) is 0 Å². The Labute approximate surface area is 517 Å². The number of rotatable bonds is 8. The molecule has 2 heterocycles. The van der Waals surface area contributed by atoms with Crippen molar-refractivity contribution in [2.45, 2.75) is 0 Å². The topological polar surface area (TPSA) is 0 Å². The third-order valence-electron chi connectivity index (χ3n) is 18.3. The standard InChI is InChI=1S/C86H52S2/c1-5-25-53(26-6-1)57-45-58(54-27-7-2-8-28-54)48-61(47-57)78-64-33-13-17-37-68(64)81(69-38-18-14-34-65(69)78)74-51-63-52-75(86-84(73-42-22-24-44-77(73)88-86)80(63)83-72-41-21-23-43-76(72)87-85(74)83)82-70-39-19-15-35-66(70)79(67-36-16-20-40-71(67)82)62-49-59(55-29-9-3-10-30-55)46-60(50-62)56-31-11-4-12-32-56/h1-52H. The molecule has 0 aliphatic rings. The molecular formula is C86H52S2. The molecule has 88 heavy (non-hydrogen) atoms. The van der Waals surface area contributed by atoms with Gasteiger partial charge in [-0.05, 0) is 187 Å². The maximum Gasteiger partial charge on any atom is 0.0440 e. The van der Waals surface area contributed by atoms with Gasteiger partial charge in [0.25, 0.3) is 0 Å². The van der Waals surface area contributed by atoms with E-state index in [-0.39, 0.29) is 0 Å². The molecule has 18 rings (SSSR count). The van der Waals surface area contributed by atoms with Crippen LogP contribution in [0.15, 0.2) is 315 Å². The Balaban J connectivity index is 0.949. The summed E-state index contributed by atoms with van der Waals surface area (Å²) < 4.78 is 5.20. The zero-order valence-corrected chi connectivity index (χ0v) is 49.5. The Morgan fingerprint density at radius 2 is 0.409 bits per heavy atom.